The minimum atomic E-state index is -3.20. The highest BCUT2D eigenvalue weighted by Crippen LogP contribution is 2.32. The fourth-order valence-electron chi connectivity index (χ4n) is 0.896. The van der Waals surface area contributed by atoms with Gasteiger partial charge in [0.15, 0.2) is 0 Å². The van der Waals surface area contributed by atoms with Crippen LogP contribution in [0.25, 0.3) is 0 Å². The minimum Gasteiger partial charge on any atom is -0.325 e. The highest BCUT2D eigenvalue weighted by atomic mass is 35.5. The normalized spacial score (nSPS) is 11.8. The monoisotopic (exact) mass is 209 g/mol. The van der Waals surface area contributed by atoms with Gasteiger partial charge >= 0.3 is 0 Å². The first kappa shape index (κ1) is 10.3. The van der Waals surface area contributed by atoms with Gasteiger partial charge in [-0.05, 0) is 18.2 Å². The summed E-state index contributed by atoms with van der Waals surface area (Å²) in [5, 5.41) is -0.310. The Morgan fingerprint density at radius 2 is 2.00 bits per heavy atom. The molecule has 0 aromatic heterocycles. The summed E-state index contributed by atoms with van der Waals surface area (Å²) in [5.41, 5.74) is 4.40. The van der Waals surface area contributed by atoms with Crippen molar-refractivity contribution in [3.05, 3.63) is 34.6 Å². The van der Waals surface area contributed by atoms with Crippen LogP contribution in [-0.2, 0) is 5.92 Å². The molecule has 2 N–H and O–H groups in total. The van der Waals surface area contributed by atoms with Gasteiger partial charge in [-0.25, -0.2) is 4.39 Å². The number of hydrogen-bond acceptors (Lipinski definition) is 1. The lowest BCUT2D eigenvalue weighted by Gasteiger charge is -2.15. The van der Waals surface area contributed by atoms with E-state index in [4.69, 9.17) is 17.3 Å². The quantitative estimate of drug-likeness (QED) is 0.796. The van der Waals surface area contributed by atoms with Crippen LogP contribution in [0.15, 0.2) is 18.2 Å². The Morgan fingerprint density at radius 1 is 1.38 bits per heavy atom. The first-order valence-electron chi connectivity index (χ1n) is 3.51. The number of hydrogen-bond donors (Lipinski definition) is 1. The van der Waals surface area contributed by atoms with Gasteiger partial charge in [-0.3, -0.25) is 0 Å². The van der Waals surface area contributed by atoms with Crippen molar-refractivity contribution in [3.63, 3.8) is 0 Å². The zero-order chi connectivity index (χ0) is 10.1. The summed E-state index contributed by atoms with van der Waals surface area (Å²) in [5.74, 6) is -3.85. The summed E-state index contributed by atoms with van der Waals surface area (Å²) < 4.78 is 38.4. The Labute approximate surface area is 78.3 Å². The molecule has 1 aromatic rings. The van der Waals surface area contributed by atoms with Gasteiger partial charge in [0.1, 0.15) is 5.82 Å². The second kappa shape index (κ2) is 3.55. The molecule has 13 heavy (non-hydrogen) atoms. The Morgan fingerprint density at radius 3 is 2.46 bits per heavy atom. The lowest BCUT2D eigenvalue weighted by molar-refractivity contribution is 0.00601. The first-order chi connectivity index (χ1) is 5.97. The second-order valence-electron chi connectivity index (χ2n) is 2.53. The van der Waals surface area contributed by atoms with Gasteiger partial charge in [-0.2, -0.15) is 8.78 Å². The molecular formula is C8H7ClF3N. The fourth-order valence-corrected chi connectivity index (χ4v) is 1.20. The molecule has 0 spiro atoms. The van der Waals surface area contributed by atoms with Crippen molar-refractivity contribution < 1.29 is 13.2 Å². The molecule has 0 heterocycles. The lowest BCUT2D eigenvalue weighted by atomic mass is 10.1. The number of halogens is 4. The highest BCUT2D eigenvalue weighted by molar-refractivity contribution is 6.31. The molecule has 0 saturated heterocycles. The molecule has 1 nitrogen and oxygen atoms in total. The molecule has 1 rings (SSSR count). The van der Waals surface area contributed by atoms with Crippen LogP contribution in [0.4, 0.5) is 13.2 Å². The molecule has 0 amide bonds. The predicted octanol–water partition coefficient (Wildman–Crippen LogP) is 2.53. The van der Waals surface area contributed by atoms with Gasteiger partial charge in [-0.1, -0.05) is 11.6 Å². The Balaban J connectivity index is 3.16. The number of alkyl halides is 2. The van der Waals surface area contributed by atoms with E-state index in [1.54, 1.807) is 0 Å². The van der Waals surface area contributed by atoms with E-state index in [0.717, 1.165) is 18.2 Å². The van der Waals surface area contributed by atoms with E-state index in [1.807, 2.05) is 0 Å². The van der Waals surface area contributed by atoms with E-state index in [2.05, 4.69) is 0 Å². The van der Waals surface area contributed by atoms with Gasteiger partial charge < -0.3 is 5.73 Å². The number of nitrogens with two attached hydrogens (primary N) is 1. The Bertz CT molecular complexity index is 314. The fraction of sp³-hybridized carbons (Fsp3) is 0.250. The predicted molar refractivity (Wildman–Crippen MR) is 44.4 cm³/mol. The zero-order valence-electron chi connectivity index (χ0n) is 6.53. The van der Waals surface area contributed by atoms with E-state index < -0.39 is 23.8 Å². The van der Waals surface area contributed by atoms with E-state index in [0.29, 0.717) is 0 Å². The van der Waals surface area contributed by atoms with Crippen LogP contribution < -0.4 is 5.73 Å². The average molecular weight is 210 g/mol. The molecule has 0 unspecified atom stereocenters. The lowest BCUT2D eigenvalue weighted by Crippen LogP contribution is -2.25. The molecule has 0 aliphatic rings. The van der Waals surface area contributed by atoms with Gasteiger partial charge in [0.2, 0.25) is 0 Å². The Hall–Kier alpha value is -0.740. The van der Waals surface area contributed by atoms with Crippen LogP contribution >= 0.6 is 11.6 Å². The smallest absolute Gasteiger partial charge is 0.286 e. The summed E-state index contributed by atoms with van der Waals surface area (Å²) in [6, 6.07) is 2.69. The summed E-state index contributed by atoms with van der Waals surface area (Å²) in [6.45, 7) is -0.849. The maximum absolute atomic E-state index is 12.9. The molecule has 1 aromatic carbocycles. The van der Waals surface area contributed by atoms with E-state index >= 15 is 0 Å². The maximum atomic E-state index is 12.9. The molecular weight excluding hydrogens is 203 g/mol. The van der Waals surface area contributed by atoms with Crippen LogP contribution in [0.3, 0.4) is 0 Å². The van der Waals surface area contributed by atoms with Crippen LogP contribution in [0, 0.1) is 5.82 Å². The molecule has 0 radical (unpaired) electrons. The van der Waals surface area contributed by atoms with Gasteiger partial charge in [0, 0.05) is 5.56 Å². The molecule has 72 valence electrons. The van der Waals surface area contributed by atoms with Crippen molar-refractivity contribution in [1.82, 2.24) is 0 Å². The number of rotatable bonds is 2. The molecule has 0 atom stereocenters. The highest BCUT2D eigenvalue weighted by Gasteiger charge is 2.31. The molecule has 0 aliphatic heterocycles. The summed E-state index contributed by atoms with van der Waals surface area (Å²) in [7, 11) is 0. The minimum absolute atomic E-state index is 0.310. The van der Waals surface area contributed by atoms with Crippen molar-refractivity contribution in [2.45, 2.75) is 5.92 Å². The van der Waals surface area contributed by atoms with E-state index in [-0.39, 0.29) is 5.02 Å². The van der Waals surface area contributed by atoms with Crippen LogP contribution in [0.2, 0.25) is 5.02 Å². The van der Waals surface area contributed by atoms with Crippen LogP contribution in [0.5, 0.6) is 0 Å². The average Bonchev–Trinajstić information content (AvgIpc) is 2.03. The van der Waals surface area contributed by atoms with Crippen molar-refractivity contribution >= 4 is 11.6 Å². The third kappa shape index (κ3) is 2.14. The van der Waals surface area contributed by atoms with E-state index in [9.17, 15) is 13.2 Å². The summed E-state index contributed by atoms with van der Waals surface area (Å²) in [6.07, 6.45) is 0. The van der Waals surface area contributed by atoms with Crippen LogP contribution in [0.1, 0.15) is 5.56 Å². The zero-order valence-corrected chi connectivity index (χ0v) is 7.28. The van der Waals surface area contributed by atoms with Crippen molar-refractivity contribution in [2.75, 3.05) is 6.54 Å². The third-order valence-electron chi connectivity index (χ3n) is 1.58. The van der Waals surface area contributed by atoms with Crippen LogP contribution in [-0.4, -0.2) is 6.54 Å². The van der Waals surface area contributed by atoms with Gasteiger partial charge in [0.25, 0.3) is 5.92 Å². The van der Waals surface area contributed by atoms with E-state index in [1.165, 1.54) is 0 Å². The van der Waals surface area contributed by atoms with Crippen molar-refractivity contribution in [2.24, 2.45) is 5.73 Å². The molecule has 0 bridgehead atoms. The summed E-state index contributed by atoms with van der Waals surface area (Å²) >= 11 is 5.42. The second-order valence-corrected chi connectivity index (χ2v) is 2.94. The van der Waals surface area contributed by atoms with Gasteiger partial charge in [0.05, 0.1) is 11.6 Å². The first-order valence-corrected chi connectivity index (χ1v) is 3.88. The van der Waals surface area contributed by atoms with Gasteiger partial charge in [-0.15, -0.1) is 0 Å². The Kier molecular flexibility index (Phi) is 2.83. The molecule has 5 heteroatoms. The molecule has 0 aliphatic carbocycles. The van der Waals surface area contributed by atoms with Crippen molar-refractivity contribution in [3.8, 4) is 0 Å². The molecule has 0 saturated carbocycles. The maximum Gasteiger partial charge on any atom is 0.286 e. The number of benzene rings is 1. The topological polar surface area (TPSA) is 26.0 Å². The van der Waals surface area contributed by atoms with Crippen molar-refractivity contribution in [1.29, 1.82) is 0 Å². The molecule has 0 fully saturated rings. The largest absolute Gasteiger partial charge is 0.325 e. The standard InChI is InChI=1S/C8H7ClF3N/c9-7-3-5(10)1-2-6(7)8(11,12)4-13/h1-3H,4,13H2. The third-order valence-corrected chi connectivity index (χ3v) is 1.89. The summed E-state index contributed by atoms with van der Waals surface area (Å²) in [4.78, 5) is 0. The SMILES string of the molecule is NCC(F)(F)c1ccc(F)cc1Cl.